The maximum Gasteiger partial charge on any atom is 0.342 e. The van der Waals surface area contributed by atoms with Gasteiger partial charge in [0.05, 0.1) is 7.11 Å². The highest BCUT2D eigenvalue weighted by molar-refractivity contribution is 6.07. The van der Waals surface area contributed by atoms with E-state index in [0.717, 1.165) is 10.9 Å². The molecule has 2 aromatic heterocycles. The molecule has 5 nitrogen and oxygen atoms in total. The van der Waals surface area contributed by atoms with Crippen LogP contribution in [0.3, 0.4) is 0 Å². The van der Waals surface area contributed by atoms with Crippen molar-refractivity contribution >= 4 is 16.9 Å². The Bertz CT molecular complexity index is 698. The van der Waals surface area contributed by atoms with Gasteiger partial charge in [-0.15, -0.1) is 0 Å². The van der Waals surface area contributed by atoms with Gasteiger partial charge < -0.3 is 9.72 Å². The fourth-order valence-corrected chi connectivity index (χ4v) is 2.02. The summed E-state index contributed by atoms with van der Waals surface area (Å²) in [7, 11) is 1.38. The number of nitrogens with one attached hydrogen (secondary N) is 1. The molecule has 3 rings (SSSR count). The van der Waals surface area contributed by atoms with Gasteiger partial charge in [0.25, 0.3) is 0 Å². The van der Waals surface area contributed by atoms with Crippen molar-refractivity contribution in [1.82, 2.24) is 14.5 Å². The number of aromatic nitrogens is 3. The molecule has 0 spiro atoms. The highest BCUT2D eigenvalue weighted by atomic mass is 16.5. The minimum absolute atomic E-state index is 0.365. The Morgan fingerprint density at radius 1 is 1.39 bits per heavy atom. The topological polar surface area (TPSA) is 59.9 Å². The number of aromatic amines is 1. The Balaban J connectivity index is 2.33. The molecule has 90 valence electrons. The number of nitrogens with zero attached hydrogens (tertiary/aromatic N) is 2. The molecule has 0 aliphatic rings. The van der Waals surface area contributed by atoms with Crippen LogP contribution >= 0.6 is 0 Å². The van der Waals surface area contributed by atoms with Crippen molar-refractivity contribution in [2.45, 2.75) is 0 Å². The summed E-state index contributed by atoms with van der Waals surface area (Å²) in [6.45, 7) is 0. The van der Waals surface area contributed by atoms with E-state index in [0.29, 0.717) is 11.4 Å². The van der Waals surface area contributed by atoms with Gasteiger partial charge in [0, 0.05) is 23.3 Å². The van der Waals surface area contributed by atoms with Crippen molar-refractivity contribution in [2.75, 3.05) is 7.11 Å². The molecule has 0 aliphatic carbocycles. The van der Waals surface area contributed by atoms with Gasteiger partial charge >= 0.3 is 5.97 Å². The van der Waals surface area contributed by atoms with E-state index in [1.165, 1.54) is 7.11 Å². The van der Waals surface area contributed by atoms with E-state index in [1.807, 2.05) is 24.3 Å². The number of para-hydroxylation sites is 1. The zero-order valence-electron chi connectivity index (χ0n) is 9.75. The molecule has 0 aliphatic heterocycles. The number of esters is 1. The molecule has 2 heterocycles. The Hall–Kier alpha value is -2.56. The summed E-state index contributed by atoms with van der Waals surface area (Å²) >= 11 is 0. The summed E-state index contributed by atoms with van der Waals surface area (Å²) < 4.78 is 6.60. The van der Waals surface area contributed by atoms with Gasteiger partial charge in [-0.1, -0.05) is 18.2 Å². The zero-order valence-corrected chi connectivity index (χ0v) is 9.75. The molecule has 1 N–H and O–H groups in total. The number of methoxy groups -OCH3 is 1. The third kappa shape index (κ3) is 1.48. The second kappa shape index (κ2) is 4.03. The quantitative estimate of drug-likeness (QED) is 0.699. The Labute approximate surface area is 103 Å². The number of benzene rings is 1. The summed E-state index contributed by atoms with van der Waals surface area (Å²) in [6.07, 6.45) is 5.07. The first-order chi connectivity index (χ1) is 8.81. The Morgan fingerprint density at radius 3 is 2.94 bits per heavy atom. The summed E-state index contributed by atoms with van der Waals surface area (Å²) in [4.78, 5) is 19.1. The number of hydrogen-bond donors (Lipinski definition) is 1. The molecule has 0 atom stereocenters. The maximum atomic E-state index is 11.9. The smallest absolute Gasteiger partial charge is 0.342 e. The molecule has 0 radical (unpaired) electrons. The second-order valence-corrected chi connectivity index (χ2v) is 3.86. The standard InChI is InChI=1S/C13H11N3O2/c1-18-13(17)11-9-4-2-3-5-10(9)15-12(11)16-7-6-14-8-16/h2-8,15H,1H3. The molecule has 0 saturated carbocycles. The van der Waals surface area contributed by atoms with Crippen LogP contribution in [0.4, 0.5) is 0 Å². The van der Waals surface area contributed by atoms with E-state index in [1.54, 1.807) is 23.3 Å². The third-order valence-electron chi connectivity index (χ3n) is 2.84. The Kier molecular flexibility index (Phi) is 2.37. The number of imidazole rings is 1. The van der Waals surface area contributed by atoms with Crippen LogP contribution in [0, 0.1) is 0 Å². The predicted molar refractivity (Wildman–Crippen MR) is 66.8 cm³/mol. The average molecular weight is 241 g/mol. The van der Waals surface area contributed by atoms with Crippen LogP contribution in [0.2, 0.25) is 0 Å². The van der Waals surface area contributed by atoms with Crippen molar-refractivity contribution < 1.29 is 9.53 Å². The monoisotopic (exact) mass is 241 g/mol. The largest absolute Gasteiger partial charge is 0.465 e. The van der Waals surface area contributed by atoms with Gasteiger partial charge in [-0.2, -0.15) is 0 Å². The number of carbonyl (C=O) groups is 1. The minimum Gasteiger partial charge on any atom is -0.465 e. The minimum atomic E-state index is -0.365. The summed E-state index contributed by atoms with van der Waals surface area (Å²) in [6, 6.07) is 7.61. The lowest BCUT2D eigenvalue weighted by molar-refractivity contribution is 0.0603. The van der Waals surface area contributed by atoms with Gasteiger partial charge in [0.1, 0.15) is 17.7 Å². The number of H-pyrrole nitrogens is 1. The fourth-order valence-electron chi connectivity index (χ4n) is 2.02. The second-order valence-electron chi connectivity index (χ2n) is 3.86. The molecule has 0 amide bonds. The zero-order chi connectivity index (χ0) is 12.5. The van der Waals surface area contributed by atoms with Crippen molar-refractivity contribution in [3.05, 3.63) is 48.5 Å². The van der Waals surface area contributed by atoms with Crippen molar-refractivity contribution in [2.24, 2.45) is 0 Å². The maximum absolute atomic E-state index is 11.9. The van der Waals surface area contributed by atoms with E-state index < -0.39 is 0 Å². The predicted octanol–water partition coefficient (Wildman–Crippen LogP) is 2.14. The van der Waals surface area contributed by atoms with Gasteiger partial charge in [0.2, 0.25) is 0 Å². The van der Waals surface area contributed by atoms with Crippen LogP contribution in [-0.4, -0.2) is 27.6 Å². The number of carbonyl (C=O) groups excluding carboxylic acids is 1. The summed E-state index contributed by atoms with van der Waals surface area (Å²) in [5, 5.41) is 0.841. The molecule has 1 aromatic carbocycles. The average Bonchev–Trinajstić information content (AvgIpc) is 3.04. The number of ether oxygens (including phenoxy) is 1. The van der Waals surface area contributed by atoms with E-state index >= 15 is 0 Å². The van der Waals surface area contributed by atoms with Crippen molar-refractivity contribution in [1.29, 1.82) is 0 Å². The van der Waals surface area contributed by atoms with Crippen LogP contribution in [0.1, 0.15) is 10.4 Å². The van der Waals surface area contributed by atoms with E-state index in [-0.39, 0.29) is 5.97 Å². The van der Waals surface area contributed by atoms with Crippen LogP contribution < -0.4 is 0 Å². The van der Waals surface area contributed by atoms with Crippen molar-refractivity contribution in [3.8, 4) is 5.82 Å². The fraction of sp³-hybridized carbons (Fsp3) is 0.0769. The van der Waals surface area contributed by atoms with E-state index in [2.05, 4.69) is 9.97 Å². The van der Waals surface area contributed by atoms with E-state index in [4.69, 9.17) is 4.74 Å². The van der Waals surface area contributed by atoms with Gasteiger partial charge in [0.15, 0.2) is 0 Å². The molecule has 0 unspecified atom stereocenters. The van der Waals surface area contributed by atoms with Gasteiger partial charge in [-0.05, 0) is 6.07 Å². The molecule has 0 saturated heterocycles. The first kappa shape index (κ1) is 10.6. The van der Waals surface area contributed by atoms with Crippen LogP contribution in [-0.2, 0) is 4.74 Å². The Morgan fingerprint density at radius 2 is 2.22 bits per heavy atom. The normalized spacial score (nSPS) is 10.7. The lowest BCUT2D eigenvalue weighted by Gasteiger charge is -2.02. The first-order valence-corrected chi connectivity index (χ1v) is 5.48. The molecule has 3 aromatic rings. The van der Waals surface area contributed by atoms with Crippen molar-refractivity contribution in [3.63, 3.8) is 0 Å². The first-order valence-electron chi connectivity index (χ1n) is 5.48. The van der Waals surface area contributed by atoms with Gasteiger partial charge in [-0.3, -0.25) is 4.57 Å². The van der Waals surface area contributed by atoms with Gasteiger partial charge in [-0.25, -0.2) is 9.78 Å². The molecule has 5 heteroatoms. The van der Waals surface area contributed by atoms with Crippen LogP contribution in [0.5, 0.6) is 0 Å². The number of fused-ring (bicyclic) bond motifs is 1. The SMILES string of the molecule is COC(=O)c1c(-n2ccnc2)[nH]c2ccccc12. The molecular weight excluding hydrogens is 230 g/mol. The molecule has 0 bridgehead atoms. The highest BCUT2D eigenvalue weighted by Crippen LogP contribution is 2.25. The molecule has 18 heavy (non-hydrogen) atoms. The lowest BCUT2D eigenvalue weighted by atomic mass is 10.1. The third-order valence-corrected chi connectivity index (χ3v) is 2.84. The highest BCUT2D eigenvalue weighted by Gasteiger charge is 2.19. The molecule has 0 fully saturated rings. The van der Waals surface area contributed by atoms with Crippen LogP contribution in [0.25, 0.3) is 16.7 Å². The summed E-state index contributed by atoms with van der Waals surface area (Å²) in [5.74, 6) is 0.303. The number of rotatable bonds is 2. The van der Waals surface area contributed by atoms with Crippen LogP contribution in [0.15, 0.2) is 43.0 Å². The molecular formula is C13H11N3O2. The summed E-state index contributed by atoms with van der Waals surface area (Å²) in [5.41, 5.74) is 1.41. The van der Waals surface area contributed by atoms with E-state index in [9.17, 15) is 4.79 Å². The number of hydrogen-bond acceptors (Lipinski definition) is 3. The lowest BCUT2D eigenvalue weighted by Crippen LogP contribution is -2.05.